The lowest BCUT2D eigenvalue weighted by Crippen LogP contribution is -2.14. The van der Waals surface area contributed by atoms with Gasteiger partial charge in [-0.1, -0.05) is 30.3 Å². The van der Waals surface area contributed by atoms with Crippen LogP contribution >= 0.6 is 0 Å². The van der Waals surface area contributed by atoms with Crippen LogP contribution in [-0.2, 0) is 16.6 Å². The van der Waals surface area contributed by atoms with Crippen LogP contribution in [-0.4, -0.2) is 40.1 Å². The third-order valence-corrected chi connectivity index (χ3v) is 6.34. The number of nitrogens with zero attached hydrogens (tertiary/aromatic N) is 5. The molecule has 12 heteroatoms. The van der Waals surface area contributed by atoms with Crippen molar-refractivity contribution >= 4 is 21.4 Å². The number of benzene rings is 1. The summed E-state index contributed by atoms with van der Waals surface area (Å²) in [5.74, 6) is -0.0339. The van der Waals surface area contributed by atoms with Crippen LogP contribution in [0.25, 0.3) is 28.0 Å². The van der Waals surface area contributed by atoms with E-state index in [1.54, 1.807) is 10.7 Å². The van der Waals surface area contributed by atoms with E-state index in [1.165, 1.54) is 37.7 Å². The molecule has 0 bridgehead atoms. The van der Waals surface area contributed by atoms with Gasteiger partial charge in [0.1, 0.15) is 16.2 Å². The molecule has 5 rings (SSSR count). The highest BCUT2D eigenvalue weighted by Crippen LogP contribution is 2.32. The summed E-state index contributed by atoms with van der Waals surface area (Å²) in [5.41, 5.74) is 2.94. The molecule has 4 heterocycles. The number of methoxy groups -OCH3 is 1. The second kappa shape index (κ2) is 9.32. The summed E-state index contributed by atoms with van der Waals surface area (Å²) in [6.07, 6.45) is 4.65. The van der Waals surface area contributed by atoms with E-state index in [9.17, 15) is 12.8 Å². The van der Waals surface area contributed by atoms with Gasteiger partial charge in [0.15, 0.2) is 11.6 Å². The average Bonchev–Trinajstić information content (AvgIpc) is 3.32. The lowest BCUT2D eigenvalue weighted by Gasteiger charge is -2.12. The van der Waals surface area contributed by atoms with E-state index in [1.807, 2.05) is 36.4 Å². The minimum Gasteiger partial charge on any atom is -0.480 e. The summed E-state index contributed by atoms with van der Waals surface area (Å²) in [4.78, 5) is 12.5. The molecular formula is C24H20FN7O3S. The van der Waals surface area contributed by atoms with E-state index in [2.05, 4.69) is 25.4 Å². The molecule has 0 spiro atoms. The van der Waals surface area contributed by atoms with Crippen LogP contribution in [0.1, 0.15) is 5.69 Å². The largest absolute Gasteiger partial charge is 0.480 e. The summed E-state index contributed by atoms with van der Waals surface area (Å²) in [6, 6.07) is 15.7. The molecule has 5 aromatic rings. The molecule has 0 amide bonds. The van der Waals surface area contributed by atoms with Crippen LogP contribution in [0.15, 0.2) is 78.1 Å². The van der Waals surface area contributed by atoms with Crippen molar-refractivity contribution in [3.63, 3.8) is 0 Å². The number of fused-ring (bicyclic) bond motifs is 1. The standard InChI is InChI=1S/C24H20FN7O3S/c1-35-24-20(36(26,33)34)12-16(13-29-24)22-30-23(28-14-19-18(25)8-5-10-27-19)21-17(9-11-32(21)31-22)15-6-3-2-4-7-15/h2-13H,14H2,1H3,(H2,26,33,34)(H,28,30,31). The van der Waals surface area contributed by atoms with Crippen LogP contribution in [0.5, 0.6) is 5.88 Å². The number of nitrogens with one attached hydrogen (secondary N) is 1. The maximum absolute atomic E-state index is 14.2. The molecule has 0 aliphatic carbocycles. The number of anilines is 1. The number of sulfonamides is 1. The van der Waals surface area contributed by atoms with E-state index in [0.29, 0.717) is 16.9 Å². The number of hydrogen-bond donors (Lipinski definition) is 2. The van der Waals surface area contributed by atoms with Crippen molar-refractivity contribution < 1.29 is 17.5 Å². The lowest BCUT2D eigenvalue weighted by atomic mass is 10.1. The predicted octanol–water partition coefficient (Wildman–Crippen LogP) is 3.26. The highest BCUT2D eigenvalue weighted by molar-refractivity contribution is 7.89. The van der Waals surface area contributed by atoms with E-state index in [0.717, 1.165) is 11.1 Å². The van der Waals surface area contributed by atoms with Gasteiger partial charge >= 0.3 is 0 Å². The molecule has 0 unspecified atom stereocenters. The Bertz CT molecular complexity index is 1670. The van der Waals surface area contributed by atoms with Gasteiger partial charge < -0.3 is 10.1 Å². The number of ether oxygens (including phenoxy) is 1. The molecule has 1 aromatic carbocycles. The fourth-order valence-electron chi connectivity index (χ4n) is 3.75. The van der Waals surface area contributed by atoms with Gasteiger partial charge in [-0.15, -0.1) is 5.10 Å². The number of nitrogens with two attached hydrogens (primary N) is 1. The molecule has 4 aromatic heterocycles. The minimum atomic E-state index is -4.13. The van der Waals surface area contributed by atoms with E-state index < -0.39 is 15.8 Å². The molecule has 36 heavy (non-hydrogen) atoms. The summed E-state index contributed by atoms with van der Waals surface area (Å²) in [5, 5.41) is 13.1. The van der Waals surface area contributed by atoms with Gasteiger partial charge in [-0.25, -0.2) is 32.4 Å². The van der Waals surface area contributed by atoms with Crippen molar-refractivity contribution in [3.8, 4) is 28.4 Å². The molecule has 0 aliphatic heterocycles. The minimum absolute atomic E-state index is 0.0570. The normalized spacial score (nSPS) is 11.5. The van der Waals surface area contributed by atoms with Gasteiger partial charge in [0.2, 0.25) is 15.9 Å². The van der Waals surface area contributed by atoms with Crippen LogP contribution in [0.3, 0.4) is 0 Å². The Morgan fingerprint density at radius 3 is 2.61 bits per heavy atom. The zero-order valence-electron chi connectivity index (χ0n) is 19.0. The summed E-state index contributed by atoms with van der Waals surface area (Å²) < 4.78 is 45.1. The van der Waals surface area contributed by atoms with E-state index >= 15 is 0 Å². The van der Waals surface area contributed by atoms with E-state index in [-0.39, 0.29) is 28.8 Å². The molecule has 0 atom stereocenters. The molecular weight excluding hydrogens is 485 g/mol. The average molecular weight is 506 g/mol. The first-order valence-corrected chi connectivity index (χ1v) is 12.2. The van der Waals surface area contributed by atoms with Crippen molar-refractivity contribution in [1.82, 2.24) is 24.6 Å². The summed E-state index contributed by atoms with van der Waals surface area (Å²) >= 11 is 0. The third kappa shape index (κ3) is 4.46. The summed E-state index contributed by atoms with van der Waals surface area (Å²) in [7, 11) is -2.83. The molecule has 0 saturated carbocycles. The quantitative estimate of drug-likeness (QED) is 0.344. The Balaban J connectivity index is 1.67. The maximum atomic E-state index is 14.2. The summed E-state index contributed by atoms with van der Waals surface area (Å²) in [6.45, 7) is 0.0570. The Hall–Kier alpha value is -4.42. The smallest absolute Gasteiger partial charge is 0.243 e. The second-order valence-electron chi connectivity index (χ2n) is 7.73. The number of pyridine rings is 2. The van der Waals surface area contributed by atoms with Gasteiger partial charge in [0.05, 0.1) is 19.3 Å². The SMILES string of the molecule is COc1ncc(-c2nc(NCc3ncccc3F)c3c(-c4ccccc4)ccn3n2)cc1S(N)(=O)=O. The Labute approximate surface area is 205 Å². The number of halogens is 1. The highest BCUT2D eigenvalue weighted by Gasteiger charge is 2.21. The van der Waals surface area contributed by atoms with Gasteiger partial charge in [-0.3, -0.25) is 4.98 Å². The van der Waals surface area contributed by atoms with Gasteiger partial charge in [-0.05, 0) is 29.8 Å². The van der Waals surface area contributed by atoms with Gasteiger partial charge in [0.25, 0.3) is 0 Å². The Morgan fingerprint density at radius 1 is 1.08 bits per heavy atom. The zero-order valence-corrected chi connectivity index (χ0v) is 19.8. The monoisotopic (exact) mass is 505 g/mol. The van der Waals surface area contributed by atoms with Crippen LogP contribution in [0, 0.1) is 5.82 Å². The topological polar surface area (TPSA) is 137 Å². The van der Waals surface area contributed by atoms with Crippen molar-refractivity contribution in [2.45, 2.75) is 11.4 Å². The second-order valence-corrected chi connectivity index (χ2v) is 9.26. The highest BCUT2D eigenvalue weighted by atomic mass is 32.2. The van der Waals surface area contributed by atoms with Crippen molar-refractivity contribution in [1.29, 1.82) is 0 Å². The Morgan fingerprint density at radius 2 is 1.89 bits per heavy atom. The Kier molecular flexibility index (Phi) is 6.04. The van der Waals surface area contributed by atoms with Crippen molar-refractivity contribution in [2.24, 2.45) is 5.14 Å². The van der Waals surface area contributed by atoms with Crippen molar-refractivity contribution in [3.05, 3.63) is 84.7 Å². The molecule has 3 N–H and O–H groups in total. The molecule has 0 radical (unpaired) electrons. The van der Waals surface area contributed by atoms with Crippen LogP contribution < -0.4 is 15.2 Å². The van der Waals surface area contributed by atoms with Crippen LogP contribution in [0.2, 0.25) is 0 Å². The fourth-order valence-corrected chi connectivity index (χ4v) is 4.42. The maximum Gasteiger partial charge on any atom is 0.243 e. The first kappa shape index (κ1) is 23.3. The fraction of sp³-hybridized carbons (Fsp3) is 0.0833. The first-order chi connectivity index (χ1) is 17.3. The molecule has 0 fully saturated rings. The van der Waals surface area contributed by atoms with Gasteiger partial charge in [0, 0.05) is 29.7 Å². The predicted molar refractivity (Wildman–Crippen MR) is 131 cm³/mol. The third-order valence-electron chi connectivity index (χ3n) is 5.43. The molecule has 10 nitrogen and oxygen atoms in total. The molecule has 0 aliphatic rings. The van der Waals surface area contributed by atoms with Crippen molar-refractivity contribution in [2.75, 3.05) is 12.4 Å². The van der Waals surface area contributed by atoms with Crippen LogP contribution in [0.4, 0.5) is 10.2 Å². The lowest BCUT2D eigenvalue weighted by molar-refractivity contribution is 0.385. The molecule has 0 saturated heterocycles. The van der Waals surface area contributed by atoms with Gasteiger partial charge in [-0.2, -0.15) is 0 Å². The van der Waals surface area contributed by atoms with E-state index in [4.69, 9.17) is 9.88 Å². The number of rotatable bonds is 7. The number of aromatic nitrogens is 5. The number of hydrogen-bond acceptors (Lipinski definition) is 8. The number of primary sulfonamides is 1. The first-order valence-electron chi connectivity index (χ1n) is 10.7. The molecule has 182 valence electrons. The zero-order chi connectivity index (χ0) is 25.3.